The largest absolute Gasteiger partial charge is 0.493 e. The minimum atomic E-state index is -0.904. The van der Waals surface area contributed by atoms with Crippen molar-refractivity contribution >= 4 is 41.2 Å². The highest BCUT2D eigenvalue weighted by molar-refractivity contribution is 6.35. The fourth-order valence-corrected chi connectivity index (χ4v) is 3.57. The Balaban J connectivity index is 1.43. The summed E-state index contributed by atoms with van der Waals surface area (Å²) in [5.41, 5.74) is 5.17. The van der Waals surface area contributed by atoms with Crippen LogP contribution in [0.4, 0.5) is 5.69 Å². The van der Waals surface area contributed by atoms with Gasteiger partial charge in [0.25, 0.3) is 5.91 Å². The maximum absolute atomic E-state index is 12.3. The third kappa shape index (κ3) is 9.04. The number of nitrogens with zero attached hydrogens (tertiary/aromatic N) is 1. The number of hydrazone groups is 1. The fourth-order valence-electron chi connectivity index (χ4n) is 3.40. The molecule has 0 spiro atoms. The van der Waals surface area contributed by atoms with E-state index in [1.807, 2.05) is 19.1 Å². The van der Waals surface area contributed by atoms with Crippen LogP contribution in [-0.4, -0.2) is 51.3 Å². The number of anilines is 1. The molecule has 0 radical (unpaired) electrons. The summed E-state index contributed by atoms with van der Waals surface area (Å²) in [6.45, 7) is 1.89. The number of nitrogens with one attached hydrogen (secondary N) is 3. The Morgan fingerprint density at radius 1 is 0.949 bits per heavy atom. The molecule has 3 N–H and O–H groups in total. The van der Waals surface area contributed by atoms with Crippen molar-refractivity contribution in [1.29, 1.82) is 0 Å². The van der Waals surface area contributed by atoms with Crippen LogP contribution in [0.25, 0.3) is 0 Å². The molecule has 3 rings (SSSR count). The predicted octanol–water partition coefficient (Wildman–Crippen LogP) is 3.49. The third-order valence-electron chi connectivity index (χ3n) is 5.43. The van der Waals surface area contributed by atoms with Gasteiger partial charge in [-0.3, -0.25) is 14.4 Å². The number of ether oxygens (including phenoxy) is 3. The van der Waals surface area contributed by atoms with Gasteiger partial charge < -0.3 is 24.8 Å². The van der Waals surface area contributed by atoms with Crippen molar-refractivity contribution in [3.8, 4) is 17.2 Å². The van der Waals surface area contributed by atoms with Crippen LogP contribution in [0.3, 0.4) is 0 Å². The van der Waals surface area contributed by atoms with Crippen molar-refractivity contribution in [2.75, 3.05) is 32.7 Å². The monoisotopic (exact) mass is 552 g/mol. The number of benzene rings is 3. The fraction of sp³-hybridized carbons (Fsp3) is 0.214. The topological polar surface area (TPSA) is 127 Å². The molecule has 0 heterocycles. The lowest BCUT2D eigenvalue weighted by Crippen LogP contribution is -2.38. The highest BCUT2D eigenvalue weighted by Gasteiger charge is 2.12. The van der Waals surface area contributed by atoms with Crippen LogP contribution in [0.2, 0.25) is 5.02 Å². The predicted molar refractivity (Wildman–Crippen MR) is 149 cm³/mol. The van der Waals surface area contributed by atoms with E-state index < -0.39 is 11.8 Å². The van der Waals surface area contributed by atoms with Crippen LogP contribution < -0.4 is 30.3 Å². The third-order valence-corrected chi connectivity index (χ3v) is 5.67. The summed E-state index contributed by atoms with van der Waals surface area (Å²) in [5, 5.41) is 9.63. The minimum Gasteiger partial charge on any atom is -0.493 e. The van der Waals surface area contributed by atoms with Crippen LogP contribution in [0, 0.1) is 6.92 Å². The number of aryl methyl sites for hydroxylation is 1. The van der Waals surface area contributed by atoms with Gasteiger partial charge in [0.15, 0.2) is 18.1 Å². The van der Waals surface area contributed by atoms with Gasteiger partial charge in [-0.25, -0.2) is 5.43 Å². The van der Waals surface area contributed by atoms with E-state index in [1.54, 1.807) is 62.8 Å². The lowest BCUT2D eigenvalue weighted by Gasteiger charge is -2.10. The Bertz CT molecular complexity index is 1360. The molecular formula is C28H29ClN4O6. The summed E-state index contributed by atoms with van der Waals surface area (Å²) in [6, 6.07) is 17.4. The molecule has 0 bridgehead atoms. The minimum absolute atomic E-state index is 0.216. The number of carbonyl (C=O) groups is 3. The van der Waals surface area contributed by atoms with Crippen LogP contribution in [0.5, 0.6) is 17.2 Å². The first-order chi connectivity index (χ1) is 18.8. The number of carbonyl (C=O) groups excluding carboxylic acids is 3. The van der Waals surface area contributed by atoms with Gasteiger partial charge in [0, 0.05) is 17.3 Å². The van der Waals surface area contributed by atoms with Gasteiger partial charge in [-0.2, -0.15) is 5.10 Å². The van der Waals surface area contributed by atoms with Crippen molar-refractivity contribution < 1.29 is 28.6 Å². The zero-order valence-corrected chi connectivity index (χ0v) is 22.5. The molecule has 0 aliphatic carbocycles. The molecule has 204 valence electrons. The Morgan fingerprint density at radius 2 is 1.74 bits per heavy atom. The van der Waals surface area contributed by atoms with Gasteiger partial charge in [0.2, 0.25) is 0 Å². The molecule has 0 aliphatic heterocycles. The molecule has 0 atom stereocenters. The number of methoxy groups -OCH3 is 2. The Hall–Kier alpha value is -4.57. The lowest BCUT2D eigenvalue weighted by atomic mass is 10.1. The Labute approximate surface area is 231 Å². The second-order valence-electron chi connectivity index (χ2n) is 8.26. The van der Waals surface area contributed by atoms with Crippen LogP contribution in [-0.2, 0) is 20.8 Å². The van der Waals surface area contributed by atoms with Crippen molar-refractivity contribution in [1.82, 2.24) is 10.7 Å². The molecule has 0 unspecified atom stereocenters. The van der Waals surface area contributed by atoms with E-state index in [2.05, 4.69) is 21.2 Å². The number of hydrogen-bond donors (Lipinski definition) is 3. The molecule has 0 aromatic heterocycles. The number of halogens is 1. The van der Waals surface area contributed by atoms with E-state index in [0.717, 1.165) is 11.1 Å². The second kappa shape index (κ2) is 14.4. The van der Waals surface area contributed by atoms with E-state index >= 15 is 0 Å². The van der Waals surface area contributed by atoms with Crippen molar-refractivity contribution in [3.05, 3.63) is 82.4 Å². The first-order valence-corrected chi connectivity index (χ1v) is 12.3. The quantitative estimate of drug-likeness (QED) is 0.190. The van der Waals surface area contributed by atoms with E-state index in [9.17, 15) is 14.4 Å². The summed E-state index contributed by atoms with van der Waals surface area (Å²) in [5.74, 6) is -0.447. The van der Waals surface area contributed by atoms with Crippen molar-refractivity contribution in [2.24, 2.45) is 5.10 Å². The van der Waals surface area contributed by atoms with Crippen molar-refractivity contribution in [3.63, 3.8) is 0 Å². The summed E-state index contributed by atoms with van der Waals surface area (Å²) < 4.78 is 16.0. The Kier molecular flexibility index (Phi) is 10.7. The van der Waals surface area contributed by atoms with Gasteiger partial charge in [0.1, 0.15) is 5.75 Å². The van der Waals surface area contributed by atoms with Gasteiger partial charge in [-0.15, -0.1) is 0 Å². The molecule has 3 amide bonds. The van der Waals surface area contributed by atoms with Gasteiger partial charge in [-0.1, -0.05) is 35.9 Å². The molecule has 3 aromatic rings. The molecule has 0 fully saturated rings. The normalized spacial score (nSPS) is 10.6. The van der Waals surface area contributed by atoms with Crippen LogP contribution in [0.1, 0.15) is 16.7 Å². The molecule has 10 nitrogen and oxygen atoms in total. The highest BCUT2D eigenvalue weighted by Crippen LogP contribution is 2.27. The molecule has 3 aromatic carbocycles. The summed E-state index contributed by atoms with van der Waals surface area (Å²) in [7, 11) is 3.09. The molecular weight excluding hydrogens is 524 g/mol. The second-order valence-corrected chi connectivity index (χ2v) is 8.70. The van der Waals surface area contributed by atoms with Crippen LogP contribution >= 0.6 is 11.6 Å². The molecule has 0 saturated heterocycles. The Morgan fingerprint density at radius 3 is 2.51 bits per heavy atom. The summed E-state index contributed by atoms with van der Waals surface area (Å²) in [6.07, 6.45) is 1.85. The van der Waals surface area contributed by atoms with E-state index in [4.69, 9.17) is 25.8 Å². The average molecular weight is 553 g/mol. The highest BCUT2D eigenvalue weighted by atomic mass is 35.5. The zero-order valence-electron chi connectivity index (χ0n) is 21.7. The van der Waals surface area contributed by atoms with E-state index in [0.29, 0.717) is 39.9 Å². The smallest absolute Gasteiger partial charge is 0.329 e. The van der Waals surface area contributed by atoms with Gasteiger partial charge in [-0.05, 0) is 66.4 Å². The molecule has 11 heteroatoms. The maximum Gasteiger partial charge on any atom is 0.329 e. The maximum atomic E-state index is 12.3. The molecule has 39 heavy (non-hydrogen) atoms. The standard InChI is InChI=1S/C28H29ClN4O6/c1-18-7-9-21(29)15-23(18)32-26(34)17-39-22-6-4-5-20(13-22)16-31-33-28(36)27(35)30-12-11-19-8-10-24(37-2)25(14-19)38-3/h4-10,13-16H,11-12,17H2,1-3H3,(H,30,35)(H,32,34)(H,33,36)/b31-16-. The zero-order chi connectivity index (χ0) is 28.2. The molecule has 0 aliphatic rings. The average Bonchev–Trinajstić information content (AvgIpc) is 2.93. The SMILES string of the molecule is COc1ccc(CCNC(=O)C(=O)N/N=C\c2cccc(OCC(=O)Nc3cc(Cl)ccc3C)c2)cc1OC. The van der Waals surface area contributed by atoms with Crippen LogP contribution in [0.15, 0.2) is 65.8 Å². The first kappa shape index (κ1) is 29.0. The van der Waals surface area contributed by atoms with Crippen molar-refractivity contribution in [2.45, 2.75) is 13.3 Å². The lowest BCUT2D eigenvalue weighted by molar-refractivity contribution is -0.139. The van der Waals surface area contributed by atoms with E-state index in [1.165, 1.54) is 6.21 Å². The van der Waals surface area contributed by atoms with E-state index in [-0.39, 0.29) is 19.1 Å². The summed E-state index contributed by atoms with van der Waals surface area (Å²) >= 11 is 5.98. The van der Waals surface area contributed by atoms with Gasteiger partial charge >= 0.3 is 11.8 Å². The molecule has 0 saturated carbocycles. The van der Waals surface area contributed by atoms with Gasteiger partial charge in [0.05, 0.1) is 20.4 Å². The number of rotatable bonds is 11. The first-order valence-electron chi connectivity index (χ1n) is 11.9. The summed E-state index contributed by atoms with van der Waals surface area (Å²) in [4.78, 5) is 36.4. The number of hydrogen-bond acceptors (Lipinski definition) is 7. The number of amides is 3.